The molecular weight excluding hydrogens is 218 g/mol. The SMILES string of the molecule is c1cc(-c2csc([C@H]3CCCN3)n2)ccn1. The maximum Gasteiger partial charge on any atom is 0.110 e. The lowest BCUT2D eigenvalue weighted by molar-refractivity contribution is 0.643. The zero-order valence-corrected chi connectivity index (χ0v) is 9.70. The molecule has 3 rings (SSSR count). The normalized spacial score (nSPS) is 20.1. The van der Waals surface area contributed by atoms with Gasteiger partial charge in [0.05, 0.1) is 11.7 Å². The predicted octanol–water partition coefficient (Wildman–Crippen LogP) is 2.63. The van der Waals surface area contributed by atoms with Crippen molar-refractivity contribution in [1.29, 1.82) is 0 Å². The Balaban J connectivity index is 1.87. The summed E-state index contributed by atoms with van der Waals surface area (Å²) in [6, 6.07) is 4.47. The van der Waals surface area contributed by atoms with Gasteiger partial charge in [0.1, 0.15) is 5.01 Å². The van der Waals surface area contributed by atoms with E-state index in [1.807, 2.05) is 24.5 Å². The zero-order valence-electron chi connectivity index (χ0n) is 8.89. The maximum absolute atomic E-state index is 4.69. The number of hydrogen-bond acceptors (Lipinski definition) is 4. The summed E-state index contributed by atoms with van der Waals surface area (Å²) in [5.41, 5.74) is 2.21. The maximum atomic E-state index is 4.69. The Morgan fingerprint density at radius 3 is 2.94 bits per heavy atom. The Morgan fingerprint density at radius 1 is 1.31 bits per heavy atom. The largest absolute Gasteiger partial charge is 0.308 e. The summed E-state index contributed by atoms with van der Waals surface area (Å²) < 4.78 is 0. The van der Waals surface area contributed by atoms with E-state index >= 15 is 0 Å². The Hall–Kier alpha value is -1.26. The Kier molecular flexibility index (Phi) is 2.68. The first-order valence-electron chi connectivity index (χ1n) is 5.53. The van der Waals surface area contributed by atoms with Crippen LogP contribution in [0.4, 0.5) is 0 Å². The summed E-state index contributed by atoms with van der Waals surface area (Å²) in [5.74, 6) is 0. The van der Waals surface area contributed by atoms with Crippen LogP contribution < -0.4 is 5.32 Å². The van der Waals surface area contributed by atoms with Gasteiger partial charge in [-0.3, -0.25) is 4.98 Å². The molecule has 1 fully saturated rings. The molecule has 0 amide bonds. The van der Waals surface area contributed by atoms with Gasteiger partial charge in [-0.05, 0) is 31.5 Å². The van der Waals surface area contributed by atoms with E-state index in [0.717, 1.165) is 17.8 Å². The molecule has 1 atom stereocenters. The van der Waals surface area contributed by atoms with Gasteiger partial charge in [-0.1, -0.05) is 0 Å². The van der Waals surface area contributed by atoms with Gasteiger partial charge < -0.3 is 5.32 Å². The van der Waals surface area contributed by atoms with Crippen molar-refractivity contribution >= 4 is 11.3 Å². The molecule has 2 aromatic heterocycles. The lowest BCUT2D eigenvalue weighted by atomic mass is 10.2. The molecule has 2 aromatic rings. The molecule has 0 bridgehead atoms. The Bertz CT molecular complexity index is 460. The molecule has 0 aliphatic carbocycles. The van der Waals surface area contributed by atoms with Gasteiger partial charge in [0.2, 0.25) is 0 Å². The monoisotopic (exact) mass is 231 g/mol. The topological polar surface area (TPSA) is 37.8 Å². The van der Waals surface area contributed by atoms with Crippen molar-refractivity contribution in [3.8, 4) is 11.3 Å². The van der Waals surface area contributed by atoms with E-state index in [1.54, 1.807) is 11.3 Å². The number of nitrogens with zero attached hydrogens (tertiary/aromatic N) is 2. The summed E-state index contributed by atoms with van der Waals surface area (Å²) in [7, 11) is 0. The molecule has 4 heteroatoms. The number of aromatic nitrogens is 2. The molecule has 1 saturated heterocycles. The lowest BCUT2D eigenvalue weighted by Gasteiger charge is -2.04. The second-order valence-electron chi connectivity index (χ2n) is 3.96. The standard InChI is InChI=1S/C12H13N3S/c1-2-10(14-5-1)12-15-11(8-16-12)9-3-6-13-7-4-9/h3-4,6-8,10,14H,1-2,5H2/t10-/m1/s1. The molecule has 0 radical (unpaired) electrons. The van der Waals surface area contributed by atoms with E-state index < -0.39 is 0 Å². The van der Waals surface area contributed by atoms with Gasteiger partial charge in [0.25, 0.3) is 0 Å². The molecule has 82 valence electrons. The molecule has 3 heterocycles. The van der Waals surface area contributed by atoms with Crippen LogP contribution in [0.25, 0.3) is 11.3 Å². The van der Waals surface area contributed by atoms with Crippen LogP contribution >= 0.6 is 11.3 Å². The highest BCUT2D eigenvalue weighted by Gasteiger charge is 2.19. The first-order chi connectivity index (χ1) is 7.93. The second-order valence-corrected chi connectivity index (χ2v) is 4.85. The fourth-order valence-corrected chi connectivity index (χ4v) is 2.94. The van der Waals surface area contributed by atoms with E-state index in [9.17, 15) is 0 Å². The summed E-state index contributed by atoms with van der Waals surface area (Å²) in [6.07, 6.45) is 6.09. The van der Waals surface area contributed by atoms with Crippen molar-refractivity contribution in [3.63, 3.8) is 0 Å². The molecule has 1 aliphatic rings. The highest BCUT2D eigenvalue weighted by atomic mass is 32.1. The van der Waals surface area contributed by atoms with Gasteiger partial charge in [0.15, 0.2) is 0 Å². The summed E-state index contributed by atoms with van der Waals surface area (Å²) in [4.78, 5) is 8.71. The number of nitrogens with one attached hydrogen (secondary N) is 1. The van der Waals surface area contributed by atoms with Crippen LogP contribution in [0.1, 0.15) is 23.9 Å². The molecule has 1 aliphatic heterocycles. The van der Waals surface area contributed by atoms with Crippen LogP contribution in [0.5, 0.6) is 0 Å². The van der Waals surface area contributed by atoms with Crippen molar-refractivity contribution in [2.24, 2.45) is 0 Å². The van der Waals surface area contributed by atoms with Crippen molar-refractivity contribution in [2.45, 2.75) is 18.9 Å². The summed E-state index contributed by atoms with van der Waals surface area (Å²) >= 11 is 1.75. The molecular formula is C12H13N3S. The average molecular weight is 231 g/mol. The summed E-state index contributed by atoms with van der Waals surface area (Å²) in [5, 5.41) is 6.82. The van der Waals surface area contributed by atoms with Gasteiger partial charge in [-0.25, -0.2) is 4.98 Å². The van der Waals surface area contributed by atoms with Crippen molar-refractivity contribution in [2.75, 3.05) is 6.54 Å². The molecule has 0 spiro atoms. The van der Waals surface area contributed by atoms with Gasteiger partial charge >= 0.3 is 0 Å². The molecule has 0 aromatic carbocycles. The fourth-order valence-electron chi connectivity index (χ4n) is 2.00. The minimum absolute atomic E-state index is 0.473. The molecule has 1 N–H and O–H groups in total. The van der Waals surface area contributed by atoms with Crippen LogP contribution in [0, 0.1) is 0 Å². The van der Waals surface area contributed by atoms with Crippen LogP contribution in [-0.4, -0.2) is 16.5 Å². The first kappa shape index (κ1) is 9.93. The van der Waals surface area contributed by atoms with Crippen molar-refractivity contribution in [3.05, 3.63) is 34.9 Å². The Morgan fingerprint density at radius 2 is 2.19 bits per heavy atom. The van der Waals surface area contributed by atoms with E-state index in [4.69, 9.17) is 4.98 Å². The number of pyridine rings is 1. The second kappa shape index (κ2) is 4.31. The zero-order chi connectivity index (χ0) is 10.8. The molecule has 0 unspecified atom stereocenters. The molecule has 0 saturated carbocycles. The van der Waals surface area contributed by atoms with E-state index in [1.165, 1.54) is 17.8 Å². The third-order valence-corrected chi connectivity index (χ3v) is 3.81. The minimum Gasteiger partial charge on any atom is -0.308 e. The van der Waals surface area contributed by atoms with E-state index in [2.05, 4.69) is 15.7 Å². The summed E-state index contributed by atoms with van der Waals surface area (Å²) in [6.45, 7) is 1.12. The Labute approximate surface area is 98.6 Å². The smallest absolute Gasteiger partial charge is 0.110 e. The highest BCUT2D eigenvalue weighted by Crippen LogP contribution is 2.29. The third-order valence-electron chi connectivity index (χ3n) is 2.86. The van der Waals surface area contributed by atoms with Crippen molar-refractivity contribution in [1.82, 2.24) is 15.3 Å². The molecule has 16 heavy (non-hydrogen) atoms. The van der Waals surface area contributed by atoms with Gasteiger partial charge in [-0.2, -0.15) is 0 Å². The molecule has 3 nitrogen and oxygen atoms in total. The number of thiazole rings is 1. The van der Waals surface area contributed by atoms with E-state index in [-0.39, 0.29) is 0 Å². The number of hydrogen-bond donors (Lipinski definition) is 1. The lowest BCUT2D eigenvalue weighted by Crippen LogP contribution is -2.12. The first-order valence-corrected chi connectivity index (χ1v) is 6.40. The average Bonchev–Trinajstić information content (AvgIpc) is 3.01. The van der Waals surface area contributed by atoms with E-state index in [0.29, 0.717) is 6.04 Å². The van der Waals surface area contributed by atoms with Gasteiger partial charge in [0, 0.05) is 23.3 Å². The fraction of sp³-hybridized carbons (Fsp3) is 0.333. The number of rotatable bonds is 2. The van der Waals surface area contributed by atoms with Crippen LogP contribution in [0.15, 0.2) is 29.9 Å². The van der Waals surface area contributed by atoms with Crippen molar-refractivity contribution < 1.29 is 0 Å². The highest BCUT2D eigenvalue weighted by molar-refractivity contribution is 7.10. The minimum atomic E-state index is 0.473. The van der Waals surface area contributed by atoms with Crippen LogP contribution in [-0.2, 0) is 0 Å². The van der Waals surface area contributed by atoms with Gasteiger partial charge in [-0.15, -0.1) is 11.3 Å². The van der Waals surface area contributed by atoms with Crippen LogP contribution in [0.3, 0.4) is 0 Å². The third kappa shape index (κ3) is 1.86. The quantitative estimate of drug-likeness (QED) is 0.863. The van der Waals surface area contributed by atoms with Crippen LogP contribution in [0.2, 0.25) is 0 Å². The predicted molar refractivity (Wildman–Crippen MR) is 65.3 cm³/mol.